The summed E-state index contributed by atoms with van der Waals surface area (Å²) in [4.78, 5) is 2.63. The molecule has 2 bridgehead atoms. The first kappa shape index (κ1) is 11.4. The molecule has 4 unspecified atom stereocenters. The number of fused-ring (bicyclic) bond motifs is 2. The second-order valence-corrected chi connectivity index (χ2v) is 7.71. The molecule has 3 aliphatic rings. The van der Waals surface area contributed by atoms with Crippen LogP contribution in [0.3, 0.4) is 0 Å². The van der Waals surface area contributed by atoms with Crippen molar-refractivity contribution in [2.45, 2.75) is 43.4 Å². The molecule has 0 amide bonds. The number of nitrogens with zero attached hydrogens (tertiary/aromatic N) is 1. The molecule has 3 heterocycles. The summed E-state index contributed by atoms with van der Waals surface area (Å²) in [7, 11) is 0. The Morgan fingerprint density at radius 3 is 3.06 bits per heavy atom. The van der Waals surface area contributed by atoms with E-state index in [1.54, 1.807) is 0 Å². The maximum absolute atomic E-state index is 3.88. The monoisotopic (exact) mass is 240 g/mol. The molecule has 1 N–H and O–H groups in total. The van der Waals surface area contributed by atoms with Gasteiger partial charge in [-0.3, -0.25) is 0 Å². The predicted octanol–water partition coefficient (Wildman–Crippen LogP) is 1.96. The zero-order chi connectivity index (χ0) is 11.0. The molecule has 3 aliphatic heterocycles. The van der Waals surface area contributed by atoms with Crippen molar-refractivity contribution in [3.05, 3.63) is 0 Å². The van der Waals surface area contributed by atoms with Crippen LogP contribution in [0.15, 0.2) is 0 Å². The highest BCUT2D eigenvalue weighted by Gasteiger charge is 2.36. The van der Waals surface area contributed by atoms with E-state index in [9.17, 15) is 0 Å². The Hall–Kier alpha value is 0.270. The SMILES string of the molecule is CC1(CNC2CCN3CCC2C3)CCCS1. The topological polar surface area (TPSA) is 15.3 Å². The van der Waals surface area contributed by atoms with E-state index in [2.05, 4.69) is 28.9 Å². The first-order valence-electron chi connectivity index (χ1n) is 6.85. The van der Waals surface area contributed by atoms with Crippen molar-refractivity contribution in [1.29, 1.82) is 0 Å². The van der Waals surface area contributed by atoms with E-state index in [-0.39, 0.29) is 0 Å². The first-order valence-corrected chi connectivity index (χ1v) is 7.83. The van der Waals surface area contributed by atoms with Gasteiger partial charge in [0.2, 0.25) is 0 Å². The van der Waals surface area contributed by atoms with Crippen LogP contribution in [-0.2, 0) is 0 Å². The summed E-state index contributed by atoms with van der Waals surface area (Å²) in [6.07, 6.45) is 5.64. The van der Waals surface area contributed by atoms with Gasteiger partial charge in [-0.15, -0.1) is 0 Å². The summed E-state index contributed by atoms with van der Waals surface area (Å²) in [5.41, 5.74) is 0. The van der Waals surface area contributed by atoms with Crippen LogP contribution in [-0.4, -0.2) is 47.6 Å². The molecule has 0 radical (unpaired) electrons. The molecular weight excluding hydrogens is 216 g/mol. The summed E-state index contributed by atoms with van der Waals surface area (Å²) in [6, 6.07) is 0.816. The van der Waals surface area contributed by atoms with Crippen LogP contribution >= 0.6 is 11.8 Å². The highest BCUT2D eigenvalue weighted by molar-refractivity contribution is 8.00. The van der Waals surface area contributed by atoms with Crippen LogP contribution in [0.5, 0.6) is 0 Å². The van der Waals surface area contributed by atoms with Gasteiger partial charge in [0.1, 0.15) is 0 Å². The van der Waals surface area contributed by atoms with Gasteiger partial charge in [0, 0.05) is 23.9 Å². The standard InChI is InChI=1S/C13H24N2S/c1-13(5-2-8-16-13)10-14-12-4-7-15-6-3-11(12)9-15/h11-12,14H,2-10H2,1H3. The summed E-state index contributed by atoms with van der Waals surface area (Å²) in [5, 5.41) is 3.88. The Kier molecular flexibility index (Phi) is 3.20. The lowest BCUT2D eigenvalue weighted by molar-refractivity contribution is 0.218. The Balaban J connectivity index is 1.51. The maximum atomic E-state index is 3.88. The van der Waals surface area contributed by atoms with E-state index in [4.69, 9.17) is 0 Å². The summed E-state index contributed by atoms with van der Waals surface area (Å²) in [5.74, 6) is 2.32. The molecule has 0 aliphatic carbocycles. The molecule has 2 nitrogen and oxygen atoms in total. The van der Waals surface area contributed by atoms with Gasteiger partial charge in [0.15, 0.2) is 0 Å². The van der Waals surface area contributed by atoms with E-state index in [0.29, 0.717) is 4.75 Å². The zero-order valence-electron chi connectivity index (χ0n) is 10.4. The van der Waals surface area contributed by atoms with Gasteiger partial charge in [-0.2, -0.15) is 11.8 Å². The average Bonchev–Trinajstić information content (AvgIpc) is 2.87. The molecule has 3 rings (SSSR count). The number of nitrogens with one attached hydrogen (secondary N) is 1. The van der Waals surface area contributed by atoms with Gasteiger partial charge in [-0.05, 0) is 57.4 Å². The fraction of sp³-hybridized carbons (Fsp3) is 1.00. The van der Waals surface area contributed by atoms with Crippen molar-refractivity contribution in [3.8, 4) is 0 Å². The van der Waals surface area contributed by atoms with Gasteiger partial charge in [0.05, 0.1) is 0 Å². The largest absolute Gasteiger partial charge is 0.312 e. The third kappa shape index (κ3) is 2.27. The first-order chi connectivity index (χ1) is 7.75. The third-order valence-corrected chi connectivity index (χ3v) is 6.21. The summed E-state index contributed by atoms with van der Waals surface area (Å²) < 4.78 is 0.537. The van der Waals surface area contributed by atoms with Crippen LogP contribution in [0, 0.1) is 5.92 Å². The number of piperidine rings is 1. The zero-order valence-corrected chi connectivity index (χ0v) is 11.2. The molecule has 0 aromatic heterocycles. The fourth-order valence-corrected chi connectivity index (χ4v) is 4.80. The lowest BCUT2D eigenvalue weighted by Gasteiger charge is -2.34. The minimum absolute atomic E-state index is 0.537. The summed E-state index contributed by atoms with van der Waals surface area (Å²) in [6.45, 7) is 7.73. The normalized spacial score (nSPS) is 47.4. The van der Waals surface area contributed by atoms with Crippen molar-refractivity contribution in [2.24, 2.45) is 5.92 Å². The maximum Gasteiger partial charge on any atom is 0.0256 e. The van der Waals surface area contributed by atoms with Crippen molar-refractivity contribution >= 4 is 11.8 Å². The predicted molar refractivity (Wildman–Crippen MR) is 71.1 cm³/mol. The highest BCUT2D eigenvalue weighted by Crippen LogP contribution is 2.37. The van der Waals surface area contributed by atoms with Crippen LogP contribution < -0.4 is 5.32 Å². The minimum Gasteiger partial charge on any atom is -0.312 e. The Morgan fingerprint density at radius 1 is 1.38 bits per heavy atom. The lowest BCUT2D eigenvalue weighted by atomic mass is 9.93. The molecule has 3 saturated heterocycles. The quantitative estimate of drug-likeness (QED) is 0.812. The van der Waals surface area contributed by atoms with Crippen LogP contribution in [0.4, 0.5) is 0 Å². The van der Waals surface area contributed by atoms with E-state index < -0.39 is 0 Å². The van der Waals surface area contributed by atoms with E-state index in [1.165, 1.54) is 57.6 Å². The van der Waals surface area contributed by atoms with Gasteiger partial charge >= 0.3 is 0 Å². The minimum atomic E-state index is 0.537. The number of rotatable bonds is 3. The smallest absolute Gasteiger partial charge is 0.0256 e. The molecule has 0 aromatic carbocycles. The number of hydrogen-bond donors (Lipinski definition) is 1. The third-order valence-electron chi connectivity index (χ3n) is 4.67. The Morgan fingerprint density at radius 2 is 2.25 bits per heavy atom. The van der Waals surface area contributed by atoms with Crippen LogP contribution in [0.2, 0.25) is 0 Å². The van der Waals surface area contributed by atoms with Gasteiger partial charge in [-0.25, -0.2) is 0 Å². The average molecular weight is 240 g/mol. The van der Waals surface area contributed by atoms with Crippen LogP contribution in [0.1, 0.15) is 32.6 Å². The summed E-state index contributed by atoms with van der Waals surface area (Å²) >= 11 is 2.18. The lowest BCUT2D eigenvalue weighted by Crippen LogP contribution is -2.47. The van der Waals surface area contributed by atoms with E-state index >= 15 is 0 Å². The van der Waals surface area contributed by atoms with Crippen molar-refractivity contribution in [2.75, 3.05) is 31.9 Å². The molecular formula is C13H24N2S. The molecule has 92 valence electrons. The second-order valence-electron chi connectivity index (χ2n) is 6.03. The number of hydrogen-bond acceptors (Lipinski definition) is 3. The van der Waals surface area contributed by atoms with Crippen LogP contribution in [0.25, 0.3) is 0 Å². The molecule has 16 heavy (non-hydrogen) atoms. The van der Waals surface area contributed by atoms with Crippen molar-refractivity contribution in [3.63, 3.8) is 0 Å². The Bertz CT molecular complexity index is 250. The Labute approximate surface area is 104 Å². The van der Waals surface area contributed by atoms with Gasteiger partial charge in [-0.1, -0.05) is 0 Å². The number of thioether (sulfide) groups is 1. The van der Waals surface area contributed by atoms with E-state index in [1.807, 2.05) is 0 Å². The van der Waals surface area contributed by atoms with Crippen molar-refractivity contribution < 1.29 is 0 Å². The molecule has 3 fully saturated rings. The second kappa shape index (κ2) is 4.51. The molecule has 3 heteroatoms. The molecule has 0 spiro atoms. The van der Waals surface area contributed by atoms with E-state index in [0.717, 1.165) is 12.0 Å². The molecule has 0 saturated carbocycles. The van der Waals surface area contributed by atoms with Gasteiger partial charge in [0.25, 0.3) is 0 Å². The van der Waals surface area contributed by atoms with Crippen molar-refractivity contribution in [1.82, 2.24) is 10.2 Å². The molecule has 4 atom stereocenters. The highest BCUT2D eigenvalue weighted by atomic mass is 32.2. The fourth-order valence-electron chi connectivity index (χ4n) is 3.54. The molecule has 0 aromatic rings. The van der Waals surface area contributed by atoms with Gasteiger partial charge < -0.3 is 10.2 Å².